The molecule has 0 radical (unpaired) electrons. The van der Waals surface area contributed by atoms with E-state index >= 15 is 0 Å². The topological polar surface area (TPSA) is 69.0 Å². The van der Waals surface area contributed by atoms with Crippen molar-refractivity contribution in [2.24, 2.45) is 0 Å². The van der Waals surface area contributed by atoms with Crippen molar-refractivity contribution in [1.82, 2.24) is 14.5 Å². The highest BCUT2D eigenvalue weighted by molar-refractivity contribution is 7.15. The van der Waals surface area contributed by atoms with Crippen molar-refractivity contribution in [2.45, 2.75) is 13.5 Å². The van der Waals surface area contributed by atoms with Crippen LogP contribution in [0.25, 0.3) is 0 Å². The maximum Gasteiger partial charge on any atom is 0.357 e. The number of hydrogen-bond acceptors (Lipinski definition) is 6. The maximum absolute atomic E-state index is 11.4. The van der Waals surface area contributed by atoms with E-state index in [1.54, 1.807) is 12.5 Å². The summed E-state index contributed by atoms with van der Waals surface area (Å²) in [6, 6.07) is 0. The highest BCUT2D eigenvalue weighted by Gasteiger charge is 2.15. The molecule has 0 saturated carbocycles. The van der Waals surface area contributed by atoms with E-state index < -0.39 is 5.97 Å². The normalized spacial score (nSPS) is 10.3. The van der Waals surface area contributed by atoms with E-state index in [1.807, 2.05) is 17.7 Å². The van der Waals surface area contributed by atoms with Gasteiger partial charge in [-0.1, -0.05) is 0 Å². The molecule has 7 heteroatoms. The molecule has 96 valence electrons. The largest absolute Gasteiger partial charge is 0.464 e. The molecule has 2 aromatic rings. The smallest absolute Gasteiger partial charge is 0.357 e. The van der Waals surface area contributed by atoms with Crippen molar-refractivity contribution in [2.75, 3.05) is 19.0 Å². The first-order valence-corrected chi connectivity index (χ1v) is 6.27. The molecule has 0 amide bonds. The zero-order chi connectivity index (χ0) is 13.0. The lowest BCUT2D eigenvalue weighted by molar-refractivity contribution is 0.0594. The fourth-order valence-electron chi connectivity index (χ4n) is 1.47. The summed E-state index contributed by atoms with van der Waals surface area (Å²) in [5.74, 6) is -0.397. The monoisotopic (exact) mass is 266 g/mol. The number of esters is 1. The van der Waals surface area contributed by atoms with Crippen molar-refractivity contribution in [3.8, 4) is 0 Å². The van der Waals surface area contributed by atoms with Gasteiger partial charge < -0.3 is 14.6 Å². The third-order valence-corrected chi connectivity index (χ3v) is 3.31. The Hall–Kier alpha value is -1.89. The minimum absolute atomic E-state index is 0.382. The Kier molecular flexibility index (Phi) is 3.93. The molecule has 0 aliphatic carbocycles. The number of nitrogens with one attached hydrogen (secondary N) is 1. The van der Waals surface area contributed by atoms with Gasteiger partial charge in [0.05, 0.1) is 13.4 Å². The number of hydrogen-bond donors (Lipinski definition) is 1. The molecule has 0 saturated heterocycles. The highest BCUT2D eigenvalue weighted by Crippen LogP contribution is 2.22. The quantitative estimate of drug-likeness (QED) is 0.831. The van der Waals surface area contributed by atoms with Gasteiger partial charge in [0.15, 0.2) is 10.8 Å². The molecule has 0 spiro atoms. The first kappa shape index (κ1) is 12.6. The van der Waals surface area contributed by atoms with Gasteiger partial charge in [-0.25, -0.2) is 14.8 Å². The van der Waals surface area contributed by atoms with Crippen molar-refractivity contribution in [1.29, 1.82) is 0 Å². The van der Waals surface area contributed by atoms with Crippen molar-refractivity contribution in [3.05, 3.63) is 29.3 Å². The molecule has 0 unspecified atom stereocenters. The second-order valence-corrected chi connectivity index (χ2v) is 4.85. The summed E-state index contributed by atoms with van der Waals surface area (Å²) in [6.45, 7) is 3.38. The van der Waals surface area contributed by atoms with Crippen LogP contribution in [0.4, 0.5) is 5.13 Å². The van der Waals surface area contributed by atoms with E-state index in [2.05, 4.69) is 20.0 Å². The molecular formula is C11H14N4O2S. The number of thiazole rings is 1. The summed E-state index contributed by atoms with van der Waals surface area (Å²) in [5, 5.41) is 3.90. The van der Waals surface area contributed by atoms with Crippen molar-refractivity contribution < 1.29 is 9.53 Å². The summed E-state index contributed by atoms with van der Waals surface area (Å²) >= 11 is 1.45. The molecule has 0 fully saturated rings. The number of methoxy groups -OCH3 is 1. The third-order valence-electron chi connectivity index (χ3n) is 2.38. The van der Waals surface area contributed by atoms with Crippen LogP contribution in [0.3, 0.4) is 0 Å². The summed E-state index contributed by atoms with van der Waals surface area (Å²) in [5.41, 5.74) is 0.382. The maximum atomic E-state index is 11.4. The van der Waals surface area contributed by atoms with E-state index in [1.165, 1.54) is 18.4 Å². The van der Waals surface area contributed by atoms with E-state index in [4.69, 9.17) is 0 Å². The molecule has 2 rings (SSSR count). The molecule has 2 aromatic heterocycles. The molecule has 6 nitrogen and oxygen atoms in total. The minimum atomic E-state index is -0.397. The number of aryl methyl sites for hydroxylation is 1. The SMILES string of the molecule is COC(=O)c1nc(NCCn2ccnc2)sc1C. The van der Waals surface area contributed by atoms with Crippen LogP contribution in [-0.2, 0) is 11.3 Å². The van der Waals surface area contributed by atoms with E-state index in [-0.39, 0.29) is 0 Å². The lowest BCUT2D eigenvalue weighted by atomic mass is 10.4. The Balaban J connectivity index is 1.92. The molecule has 1 N–H and O–H groups in total. The van der Waals surface area contributed by atoms with Crippen LogP contribution < -0.4 is 5.32 Å². The molecule has 0 aliphatic heterocycles. The molecule has 0 bridgehead atoms. The Labute approximate surface area is 109 Å². The standard InChI is InChI=1S/C11H14N4O2S/c1-8-9(10(16)17-2)14-11(18-8)13-4-6-15-5-3-12-7-15/h3,5,7H,4,6H2,1-2H3,(H,13,14). The number of imidazole rings is 1. The number of aromatic nitrogens is 3. The molecular weight excluding hydrogens is 252 g/mol. The summed E-state index contributed by atoms with van der Waals surface area (Å²) < 4.78 is 6.63. The van der Waals surface area contributed by atoms with Crippen LogP contribution in [-0.4, -0.2) is 34.2 Å². The Morgan fingerprint density at radius 1 is 1.61 bits per heavy atom. The fourth-order valence-corrected chi connectivity index (χ4v) is 2.30. The number of ether oxygens (including phenoxy) is 1. The van der Waals surface area contributed by atoms with Gasteiger partial charge in [-0.3, -0.25) is 0 Å². The van der Waals surface area contributed by atoms with Crippen molar-refractivity contribution in [3.63, 3.8) is 0 Å². The predicted molar refractivity (Wildman–Crippen MR) is 68.9 cm³/mol. The summed E-state index contributed by atoms with van der Waals surface area (Å²) in [4.78, 5) is 20.4. The minimum Gasteiger partial charge on any atom is -0.464 e. The van der Waals surface area contributed by atoms with Crippen LogP contribution in [0.2, 0.25) is 0 Å². The van der Waals surface area contributed by atoms with Gasteiger partial charge >= 0.3 is 5.97 Å². The van der Waals surface area contributed by atoms with Crippen LogP contribution in [0.5, 0.6) is 0 Å². The van der Waals surface area contributed by atoms with Gasteiger partial charge in [0.2, 0.25) is 0 Å². The van der Waals surface area contributed by atoms with Gasteiger partial charge in [-0.2, -0.15) is 0 Å². The van der Waals surface area contributed by atoms with Gasteiger partial charge in [0, 0.05) is 30.4 Å². The zero-order valence-corrected chi connectivity index (χ0v) is 11.0. The van der Waals surface area contributed by atoms with Gasteiger partial charge in [0.1, 0.15) is 0 Å². The lowest BCUT2D eigenvalue weighted by Crippen LogP contribution is -2.09. The summed E-state index contributed by atoms with van der Waals surface area (Å²) in [6.07, 6.45) is 5.40. The van der Waals surface area contributed by atoms with E-state index in [0.717, 1.165) is 23.1 Å². The number of carbonyl (C=O) groups excluding carboxylic acids is 1. The van der Waals surface area contributed by atoms with Gasteiger partial charge in [-0.05, 0) is 6.92 Å². The van der Waals surface area contributed by atoms with E-state index in [9.17, 15) is 4.79 Å². The highest BCUT2D eigenvalue weighted by atomic mass is 32.1. The third kappa shape index (κ3) is 2.86. The molecule has 0 aliphatic rings. The lowest BCUT2D eigenvalue weighted by Gasteiger charge is -2.02. The number of rotatable bonds is 5. The predicted octanol–water partition coefficient (Wildman–Crippen LogP) is 1.55. The zero-order valence-electron chi connectivity index (χ0n) is 10.2. The Morgan fingerprint density at radius 3 is 3.11 bits per heavy atom. The second kappa shape index (κ2) is 5.63. The molecule has 0 atom stereocenters. The number of anilines is 1. The molecule has 0 aromatic carbocycles. The molecule has 2 heterocycles. The second-order valence-electron chi connectivity index (χ2n) is 3.64. The fraction of sp³-hybridized carbons (Fsp3) is 0.364. The summed E-state index contributed by atoms with van der Waals surface area (Å²) in [7, 11) is 1.35. The number of nitrogens with zero attached hydrogens (tertiary/aromatic N) is 3. The first-order valence-electron chi connectivity index (χ1n) is 5.46. The number of carbonyl (C=O) groups is 1. The van der Waals surface area contributed by atoms with Crippen LogP contribution >= 0.6 is 11.3 Å². The average molecular weight is 266 g/mol. The average Bonchev–Trinajstić information content (AvgIpc) is 2.98. The van der Waals surface area contributed by atoms with Gasteiger partial charge in [-0.15, -0.1) is 11.3 Å². The molecule has 18 heavy (non-hydrogen) atoms. The van der Waals surface area contributed by atoms with Crippen molar-refractivity contribution >= 4 is 22.4 Å². The van der Waals surface area contributed by atoms with Crippen LogP contribution in [0.1, 0.15) is 15.4 Å². The Morgan fingerprint density at radius 2 is 2.44 bits per heavy atom. The van der Waals surface area contributed by atoms with E-state index in [0.29, 0.717) is 5.69 Å². The first-order chi connectivity index (χ1) is 8.70. The van der Waals surface area contributed by atoms with Gasteiger partial charge in [0.25, 0.3) is 0 Å². The van der Waals surface area contributed by atoms with Crippen LogP contribution in [0, 0.1) is 6.92 Å². The van der Waals surface area contributed by atoms with Crippen LogP contribution in [0.15, 0.2) is 18.7 Å². The Bertz CT molecular complexity index is 521.